The summed E-state index contributed by atoms with van der Waals surface area (Å²) in [6.07, 6.45) is -1.90. The molecule has 0 bridgehead atoms. The molecule has 1 aromatic rings. The van der Waals surface area contributed by atoms with Gasteiger partial charge in [-0.1, -0.05) is 13.8 Å². The van der Waals surface area contributed by atoms with Crippen LogP contribution in [0.3, 0.4) is 0 Å². The molecule has 20 heavy (non-hydrogen) atoms. The highest BCUT2D eigenvalue weighted by molar-refractivity contribution is 5.47. The highest BCUT2D eigenvalue weighted by Crippen LogP contribution is 2.13. The number of rotatable bonds is 9. The molecule has 5 nitrogen and oxygen atoms in total. The molecule has 0 radical (unpaired) electrons. The van der Waals surface area contributed by atoms with Crippen LogP contribution in [0, 0.1) is 0 Å². The third kappa shape index (κ3) is 5.64. The Morgan fingerprint density at radius 1 is 1.15 bits per heavy atom. The molecule has 0 saturated heterocycles. The third-order valence-electron chi connectivity index (χ3n) is 2.59. The van der Waals surface area contributed by atoms with E-state index >= 15 is 0 Å². The molecule has 1 rings (SSSR count). The molecule has 0 aliphatic carbocycles. The number of aliphatic hydroxyl groups is 1. The van der Waals surface area contributed by atoms with Crippen LogP contribution < -0.4 is 10.6 Å². The van der Waals surface area contributed by atoms with E-state index in [-0.39, 0.29) is 6.54 Å². The molecule has 114 valence electrons. The van der Waals surface area contributed by atoms with Gasteiger partial charge in [-0.3, -0.25) is 0 Å². The number of aryl methyl sites for hydroxylation is 1. The van der Waals surface area contributed by atoms with Crippen LogP contribution in [-0.4, -0.2) is 40.7 Å². The molecule has 1 heterocycles. The van der Waals surface area contributed by atoms with Crippen molar-refractivity contribution in [2.45, 2.75) is 45.6 Å². The number of aromatic nitrogens is 2. The second kappa shape index (κ2) is 8.63. The summed E-state index contributed by atoms with van der Waals surface area (Å²) in [5.41, 5.74) is 0. The number of halogens is 2. The van der Waals surface area contributed by atoms with Gasteiger partial charge in [0.1, 0.15) is 23.6 Å². The van der Waals surface area contributed by atoms with Gasteiger partial charge in [-0.25, -0.2) is 18.7 Å². The van der Waals surface area contributed by atoms with Crippen LogP contribution in [0.4, 0.5) is 20.4 Å². The van der Waals surface area contributed by atoms with E-state index < -0.39 is 12.5 Å². The topological polar surface area (TPSA) is 70.1 Å². The van der Waals surface area contributed by atoms with Crippen molar-refractivity contribution in [3.05, 3.63) is 11.9 Å². The molecule has 1 aromatic heterocycles. The van der Waals surface area contributed by atoms with Crippen LogP contribution in [-0.2, 0) is 6.42 Å². The van der Waals surface area contributed by atoms with Crippen molar-refractivity contribution in [2.75, 3.05) is 23.7 Å². The second-order valence-electron chi connectivity index (χ2n) is 4.51. The van der Waals surface area contributed by atoms with E-state index in [2.05, 4.69) is 20.6 Å². The monoisotopic (exact) mass is 288 g/mol. The van der Waals surface area contributed by atoms with Crippen LogP contribution in [0.25, 0.3) is 0 Å². The zero-order valence-electron chi connectivity index (χ0n) is 11.9. The maximum absolute atomic E-state index is 12.2. The molecular weight excluding hydrogens is 266 g/mol. The lowest BCUT2D eigenvalue weighted by atomic mass is 10.3. The lowest BCUT2D eigenvalue weighted by Crippen LogP contribution is -2.27. The number of anilines is 2. The smallest absolute Gasteiger partial charge is 0.265 e. The summed E-state index contributed by atoms with van der Waals surface area (Å²) < 4.78 is 24.5. The zero-order chi connectivity index (χ0) is 15.0. The van der Waals surface area contributed by atoms with Gasteiger partial charge in [-0.2, -0.15) is 0 Å². The Balaban J connectivity index is 2.74. The molecular formula is C13H22F2N4O. The second-order valence-corrected chi connectivity index (χ2v) is 4.51. The lowest BCUT2D eigenvalue weighted by Gasteiger charge is -2.13. The van der Waals surface area contributed by atoms with Crippen molar-refractivity contribution < 1.29 is 13.9 Å². The first kappa shape index (κ1) is 16.6. The summed E-state index contributed by atoms with van der Waals surface area (Å²) >= 11 is 0. The maximum atomic E-state index is 12.2. The average Bonchev–Trinajstić information content (AvgIpc) is 2.42. The summed E-state index contributed by atoms with van der Waals surface area (Å²) in [7, 11) is 0. The summed E-state index contributed by atoms with van der Waals surface area (Å²) in [5.74, 6) is 1.77. The Labute approximate surface area is 117 Å². The number of nitrogens with zero attached hydrogens (tertiary/aromatic N) is 2. The van der Waals surface area contributed by atoms with Crippen molar-refractivity contribution in [1.29, 1.82) is 0 Å². The third-order valence-corrected chi connectivity index (χ3v) is 2.59. The van der Waals surface area contributed by atoms with Gasteiger partial charge in [0.05, 0.1) is 0 Å². The van der Waals surface area contributed by atoms with E-state index in [1.54, 1.807) is 6.07 Å². The van der Waals surface area contributed by atoms with Gasteiger partial charge in [-0.05, 0) is 12.8 Å². The molecule has 0 spiro atoms. The van der Waals surface area contributed by atoms with Gasteiger partial charge < -0.3 is 15.7 Å². The number of nitrogens with one attached hydrogen (secondary N) is 2. The highest BCUT2D eigenvalue weighted by atomic mass is 19.3. The fourth-order valence-corrected chi connectivity index (χ4v) is 1.56. The zero-order valence-corrected chi connectivity index (χ0v) is 11.9. The molecule has 0 aromatic carbocycles. The van der Waals surface area contributed by atoms with Crippen molar-refractivity contribution in [3.8, 4) is 0 Å². The minimum atomic E-state index is -2.77. The van der Waals surface area contributed by atoms with E-state index in [1.165, 1.54) is 0 Å². The predicted molar refractivity (Wildman–Crippen MR) is 75.3 cm³/mol. The lowest BCUT2D eigenvalue weighted by molar-refractivity contribution is 0.00380. The fraction of sp³-hybridized carbons (Fsp3) is 0.692. The average molecular weight is 288 g/mol. The molecule has 0 saturated carbocycles. The largest absolute Gasteiger partial charge is 0.385 e. The molecule has 1 unspecified atom stereocenters. The Kier molecular flexibility index (Phi) is 7.14. The predicted octanol–water partition coefficient (Wildman–Crippen LogP) is 2.29. The van der Waals surface area contributed by atoms with Gasteiger partial charge in [0.2, 0.25) is 0 Å². The number of hydrogen-bond acceptors (Lipinski definition) is 5. The Bertz CT molecular complexity index is 404. The summed E-state index contributed by atoms with van der Waals surface area (Å²) in [4.78, 5) is 8.59. The Morgan fingerprint density at radius 3 is 2.35 bits per heavy atom. The quantitative estimate of drug-likeness (QED) is 0.650. The SMILES string of the molecule is CCCNc1cc(NCC(O)C(F)F)nc(CCC)n1. The molecule has 0 fully saturated rings. The number of alkyl halides is 2. The van der Waals surface area contributed by atoms with Crippen LogP contribution in [0.15, 0.2) is 6.07 Å². The molecule has 7 heteroatoms. The summed E-state index contributed by atoms with van der Waals surface area (Å²) in [5, 5.41) is 15.0. The van der Waals surface area contributed by atoms with E-state index in [9.17, 15) is 8.78 Å². The molecule has 0 aliphatic heterocycles. The first-order valence-corrected chi connectivity index (χ1v) is 6.88. The van der Waals surface area contributed by atoms with E-state index in [0.717, 1.165) is 19.4 Å². The van der Waals surface area contributed by atoms with Gasteiger partial charge in [-0.15, -0.1) is 0 Å². The maximum Gasteiger partial charge on any atom is 0.265 e. The first-order chi connectivity index (χ1) is 9.56. The normalized spacial score (nSPS) is 12.5. The van der Waals surface area contributed by atoms with Crippen molar-refractivity contribution >= 4 is 11.6 Å². The van der Waals surface area contributed by atoms with Crippen molar-refractivity contribution in [1.82, 2.24) is 9.97 Å². The molecule has 0 amide bonds. The first-order valence-electron chi connectivity index (χ1n) is 6.88. The molecule has 0 aliphatic rings. The van der Waals surface area contributed by atoms with Crippen LogP contribution in [0.1, 0.15) is 32.5 Å². The van der Waals surface area contributed by atoms with Crippen molar-refractivity contribution in [2.24, 2.45) is 0 Å². The van der Waals surface area contributed by atoms with Crippen LogP contribution >= 0.6 is 0 Å². The van der Waals surface area contributed by atoms with E-state index in [0.29, 0.717) is 23.9 Å². The number of aliphatic hydroxyl groups excluding tert-OH is 1. The summed E-state index contributed by atoms with van der Waals surface area (Å²) in [6, 6.07) is 1.66. The minimum absolute atomic E-state index is 0.243. The van der Waals surface area contributed by atoms with Gasteiger partial charge in [0, 0.05) is 25.6 Å². The molecule has 1 atom stereocenters. The van der Waals surface area contributed by atoms with Gasteiger partial charge in [0.25, 0.3) is 6.43 Å². The van der Waals surface area contributed by atoms with Crippen LogP contribution in [0.2, 0.25) is 0 Å². The fourth-order valence-electron chi connectivity index (χ4n) is 1.56. The minimum Gasteiger partial charge on any atom is -0.385 e. The Hall–Kier alpha value is -1.50. The van der Waals surface area contributed by atoms with E-state index in [1.807, 2.05) is 13.8 Å². The highest BCUT2D eigenvalue weighted by Gasteiger charge is 2.16. The standard InChI is InChI=1S/C13H22F2N4O/c1-3-5-10-18-11(16-6-4-2)7-12(19-10)17-8-9(20)13(14)15/h7,9,13,20H,3-6,8H2,1-2H3,(H2,16,17,18,19). The number of hydrogen-bond donors (Lipinski definition) is 3. The summed E-state index contributed by atoms with van der Waals surface area (Å²) in [6.45, 7) is 4.59. The van der Waals surface area contributed by atoms with Gasteiger partial charge >= 0.3 is 0 Å². The van der Waals surface area contributed by atoms with Gasteiger partial charge in [0.15, 0.2) is 0 Å². The van der Waals surface area contributed by atoms with Crippen LogP contribution in [0.5, 0.6) is 0 Å². The van der Waals surface area contributed by atoms with E-state index in [4.69, 9.17) is 5.11 Å². The molecule has 3 N–H and O–H groups in total. The van der Waals surface area contributed by atoms with Crippen molar-refractivity contribution in [3.63, 3.8) is 0 Å². The Morgan fingerprint density at radius 2 is 1.80 bits per heavy atom.